The Morgan fingerprint density at radius 3 is 2.74 bits per heavy atom. The van der Waals surface area contributed by atoms with Crippen molar-refractivity contribution < 1.29 is 9.53 Å². The van der Waals surface area contributed by atoms with Gasteiger partial charge in [-0.3, -0.25) is 4.79 Å². The molecule has 0 amide bonds. The fraction of sp³-hybridized carbons (Fsp3) is 0.250. The zero-order valence-electron chi connectivity index (χ0n) is 10.2. The highest BCUT2D eigenvalue weighted by molar-refractivity contribution is 6.37. The molecule has 0 aromatic carbocycles. The maximum atomic E-state index is 12.1. The summed E-state index contributed by atoms with van der Waals surface area (Å²) in [5.74, 6) is -0.692. The van der Waals surface area contributed by atoms with Crippen molar-refractivity contribution in [2.45, 2.75) is 6.92 Å². The molecule has 2 heterocycles. The van der Waals surface area contributed by atoms with Crippen LogP contribution >= 0.6 is 23.2 Å². The number of carbonyl (C=O) groups is 1. The standard InChI is InChI=1S/C12H10Cl2N2O3/c1-3-19-12(18)6-4-8-10(16(2)11(6)17)7(13)5-9(14)15-8/h4-5H,3H2,1-2H3. The van der Waals surface area contributed by atoms with Crippen molar-refractivity contribution in [2.24, 2.45) is 7.05 Å². The van der Waals surface area contributed by atoms with E-state index in [0.717, 1.165) is 0 Å². The summed E-state index contributed by atoms with van der Waals surface area (Å²) in [5, 5.41) is 0.482. The Balaban J connectivity index is 2.80. The van der Waals surface area contributed by atoms with Gasteiger partial charge in [-0.15, -0.1) is 0 Å². The summed E-state index contributed by atoms with van der Waals surface area (Å²) >= 11 is 11.8. The molecule has 0 N–H and O–H groups in total. The van der Waals surface area contributed by atoms with Crippen LogP contribution in [0.15, 0.2) is 16.9 Å². The topological polar surface area (TPSA) is 61.2 Å². The average Bonchev–Trinajstić information content (AvgIpc) is 2.33. The summed E-state index contributed by atoms with van der Waals surface area (Å²) in [5.41, 5.74) is 0.200. The van der Waals surface area contributed by atoms with Gasteiger partial charge in [-0.05, 0) is 19.1 Å². The van der Waals surface area contributed by atoms with E-state index in [-0.39, 0.29) is 17.3 Å². The highest BCUT2D eigenvalue weighted by Gasteiger charge is 2.17. The van der Waals surface area contributed by atoms with Gasteiger partial charge in [-0.1, -0.05) is 23.2 Å². The lowest BCUT2D eigenvalue weighted by Gasteiger charge is -2.09. The molecule has 7 heteroatoms. The molecule has 0 spiro atoms. The fourth-order valence-electron chi connectivity index (χ4n) is 1.76. The van der Waals surface area contributed by atoms with Gasteiger partial charge in [0.2, 0.25) is 0 Å². The summed E-state index contributed by atoms with van der Waals surface area (Å²) < 4.78 is 6.08. The average molecular weight is 301 g/mol. The summed E-state index contributed by atoms with van der Waals surface area (Å²) in [6.45, 7) is 1.85. The Morgan fingerprint density at radius 2 is 2.11 bits per heavy atom. The Labute approximate surface area is 118 Å². The molecule has 0 saturated carbocycles. The lowest BCUT2D eigenvalue weighted by molar-refractivity contribution is 0.0524. The van der Waals surface area contributed by atoms with Gasteiger partial charge in [0.1, 0.15) is 10.7 Å². The van der Waals surface area contributed by atoms with Gasteiger partial charge >= 0.3 is 5.97 Å². The number of aryl methyl sites for hydroxylation is 1. The zero-order valence-corrected chi connectivity index (χ0v) is 11.7. The summed E-state index contributed by atoms with van der Waals surface area (Å²) in [7, 11) is 1.51. The van der Waals surface area contributed by atoms with Gasteiger partial charge in [0.15, 0.2) is 0 Å². The van der Waals surface area contributed by atoms with Gasteiger partial charge in [0.05, 0.1) is 22.7 Å². The van der Waals surface area contributed by atoms with Crippen LogP contribution in [0.1, 0.15) is 17.3 Å². The smallest absolute Gasteiger partial charge is 0.343 e. The molecule has 100 valence electrons. The van der Waals surface area contributed by atoms with E-state index < -0.39 is 11.5 Å². The second kappa shape index (κ2) is 5.19. The third kappa shape index (κ3) is 2.43. The van der Waals surface area contributed by atoms with E-state index in [9.17, 15) is 9.59 Å². The predicted molar refractivity (Wildman–Crippen MR) is 73.0 cm³/mol. The van der Waals surface area contributed by atoms with Crippen LogP contribution in [0.2, 0.25) is 10.2 Å². The number of carbonyl (C=O) groups excluding carboxylic acids is 1. The number of hydrogen-bond acceptors (Lipinski definition) is 4. The van der Waals surface area contributed by atoms with Gasteiger partial charge in [-0.2, -0.15) is 0 Å². The Morgan fingerprint density at radius 1 is 1.42 bits per heavy atom. The monoisotopic (exact) mass is 300 g/mol. The minimum Gasteiger partial charge on any atom is -0.462 e. The van der Waals surface area contributed by atoms with Crippen molar-refractivity contribution in [3.8, 4) is 0 Å². The van der Waals surface area contributed by atoms with Crippen LogP contribution in [0, 0.1) is 0 Å². The van der Waals surface area contributed by atoms with Crippen LogP contribution in [0.4, 0.5) is 0 Å². The molecule has 0 aliphatic carbocycles. The molecule has 5 nitrogen and oxygen atoms in total. The minimum absolute atomic E-state index is 0.0947. The molecule has 19 heavy (non-hydrogen) atoms. The molecule has 0 aliphatic heterocycles. The Hall–Kier alpha value is -1.59. The van der Waals surface area contributed by atoms with Crippen molar-refractivity contribution in [3.63, 3.8) is 0 Å². The number of aromatic nitrogens is 2. The van der Waals surface area contributed by atoms with Crippen LogP contribution in [-0.2, 0) is 11.8 Å². The molecule has 0 atom stereocenters. The molecule has 2 aromatic rings. The number of pyridine rings is 2. The quantitative estimate of drug-likeness (QED) is 0.631. The number of nitrogens with zero attached hydrogens (tertiary/aromatic N) is 2. The van der Waals surface area contributed by atoms with E-state index in [1.165, 1.54) is 23.7 Å². The summed E-state index contributed by atoms with van der Waals surface area (Å²) in [4.78, 5) is 27.8. The molecular weight excluding hydrogens is 291 g/mol. The lowest BCUT2D eigenvalue weighted by atomic mass is 10.2. The molecule has 0 unspecified atom stereocenters. The first-order valence-electron chi connectivity index (χ1n) is 5.48. The molecule has 0 bridgehead atoms. The normalized spacial score (nSPS) is 10.7. The first-order chi connectivity index (χ1) is 8.95. The SMILES string of the molecule is CCOC(=O)c1cc2nc(Cl)cc(Cl)c2n(C)c1=O. The number of esters is 1. The number of rotatable bonds is 2. The highest BCUT2D eigenvalue weighted by atomic mass is 35.5. The Bertz CT molecular complexity index is 725. The molecule has 0 radical (unpaired) electrons. The van der Waals surface area contributed by atoms with Gasteiger partial charge in [0.25, 0.3) is 5.56 Å². The number of ether oxygens (including phenoxy) is 1. The van der Waals surface area contributed by atoms with Crippen LogP contribution in [0.5, 0.6) is 0 Å². The predicted octanol–water partition coefficient (Wildman–Crippen LogP) is 2.42. The largest absolute Gasteiger partial charge is 0.462 e. The van der Waals surface area contributed by atoms with E-state index >= 15 is 0 Å². The second-order valence-electron chi connectivity index (χ2n) is 3.80. The number of fused-ring (bicyclic) bond motifs is 1. The lowest BCUT2D eigenvalue weighted by Crippen LogP contribution is -2.26. The van der Waals surface area contributed by atoms with E-state index in [0.29, 0.717) is 16.1 Å². The molecule has 2 aromatic heterocycles. The zero-order chi connectivity index (χ0) is 14.2. The van der Waals surface area contributed by atoms with Crippen molar-refractivity contribution in [1.29, 1.82) is 0 Å². The van der Waals surface area contributed by atoms with Gasteiger partial charge in [-0.25, -0.2) is 9.78 Å². The van der Waals surface area contributed by atoms with Crippen molar-refractivity contribution in [3.05, 3.63) is 38.2 Å². The van der Waals surface area contributed by atoms with Crippen molar-refractivity contribution in [1.82, 2.24) is 9.55 Å². The first-order valence-corrected chi connectivity index (χ1v) is 6.24. The molecule has 2 rings (SSSR count). The maximum absolute atomic E-state index is 12.1. The van der Waals surface area contributed by atoms with Crippen LogP contribution in [0.25, 0.3) is 11.0 Å². The molecule has 0 aliphatic rings. The van der Waals surface area contributed by atoms with Crippen molar-refractivity contribution >= 4 is 40.2 Å². The van der Waals surface area contributed by atoms with Gasteiger partial charge < -0.3 is 9.30 Å². The van der Waals surface area contributed by atoms with E-state index in [1.807, 2.05) is 0 Å². The van der Waals surface area contributed by atoms with Crippen LogP contribution in [0.3, 0.4) is 0 Å². The highest BCUT2D eigenvalue weighted by Crippen LogP contribution is 2.24. The van der Waals surface area contributed by atoms with Gasteiger partial charge in [0, 0.05) is 7.05 Å². The van der Waals surface area contributed by atoms with Crippen LogP contribution in [-0.4, -0.2) is 22.1 Å². The molecule has 0 saturated heterocycles. The molecule has 0 fully saturated rings. The summed E-state index contributed by atoms with van der Waals surface area (Å²) in [6, 6.07) is 2.78. The summed E-state index contributed by atoms with van der Waals surface area (Å²) in [6.07, 6.45) is 0. The maximum Gasteiger partial charge on any atom is 0.343 e. The van der Waals surface area contributed by atoms with Crippen LogP contribution < -0.4 is 5.56 Å². The number of hydrogen-bond donors (Lipinski definition) is 0. The van der Waals surface area contributed by atoms with Crippen molar-refractivity contribution in [2.75, 3.05) is 6.61 Å². The minimum atomic E-state index is -0.692. The van der Waals surface area contributed by atoms with E-state index in [2.05, 4.69) is 4.98 Å². The number of halogens is 2. The molecular formula is C12H10Cl2N2O3. The second-order valence-corrected chi connectivity index (χ2v) is 4.60. The third-order valence-corrected chi connectivity index (χ3v) is 3.07. The van der Waals surface area contributed by atoms with E-state index in [1.54, 1.807) is 6.92 Å². The Kier molecular flexibility index (Phi) is 3.78. The van der Waals surface area contributed by atoms with E-state index in [4.69, 9.17) is 27.9 Å². The fourth-order valence-corrected chi connectivity index (χ4v) is 2.35. The first kappa shape index (κ1) is 13.8. The third-order valence-electron chi connectivity index (χ3n) is 2.59.